The van der Waals surface area contributed by atoms with Crippen LogP contribution in [0.4, 0.5) is 11.4 Å². The number of aliphatic hydroxyl groups excluding tert-OH is 1. The molecule has 0 bridgehead atoms. The van der Waals surface area contributed by atoms with E-state index in [1.54, 1.807) is 13.0 Å². The maximum absolute atomic E-state index is 11.6. The second-order valence-corrected chi connectivity index (χ2v) is 6.74. The molecule has 0 heterocycles. The molecule has 0 radical (unpaired) electrons. The van der Waals surface area contributed by atoms with Gasteiger partial charge < -0.3 is 15.7 Å². The van der Waals surface area contributed by atoms with Crippen molar-refractivity contribution in [3.63, 3.8) is 0 Å². The van der Waals surface area contributed by atoms with Gasteiger partial charge in [-0.15, -0.1) is 0 Å². The molecule has 0 atom stereocenters. The lowest BCUT2D eigenvalue weighted by atomic mass is 9.90. The Balaban J connectivity index is 2.51. The second kappa shape index (κ2) is 5.59. The molecule has 6 nitrogen and oxygen atoms in total. The fourth-order valence-electron chi connectivity index (χ4n) is 2.59. The van der Waals surface area contributed by atoms with E-state index < -0.39 is 10.0 Å². The Morgan fingerprint density at radius 3 is 2.50 bits per heavy atom. The van der Waals surface area contributed by atoms with E-state index in [4.69, 9.17) is 10.9 Å². The van der Waals surface area contributed by atoms with Gasteiger partial charge in [-0.1, -0.05) is 0 Å². The summed E-state index contributed by atoms with van der Waals surface area (Å²) in [5.74, 6) is 0. The molecule has 0 aromatic heterocycles. The number of nitrogen functional groups attached to an aromatic ring is 1. The maximum Gasteiger partial charge on any atom is 0.238 e. The van der Waals surface area contributed by atoms with Gasteiger partial charge in [0.25, 0.3) is 0 Å². The SMILES string of the molecule is Cc1c(N(CCO)C2CCC2)cc(N)cc1S(N)(=O)=O. The lowest BCUT2D eigenvalue weighted by molar-refractivity contribution is 0.283. The van der Waals surface area contributed by atoms with Crippen LogP contribution in [-0.4, -0.2) is 32.7 Å². The van der Waals surface area contributed by atoms with Crippen molar-refractivity contribution in [1.82, 2.24) is 0 Å². The van der Waals surface area contributed by atoms with Crippen molar-refractivity contribution in [2.45, 2.75) is 37.1 Å². The van der Waals surface area contributed by atoms with E-state index in [1.807, 2.05) is 4.90 Å². The number of hydrogen-bond donors (Lipinski definition) is 3. The van der Waals surface area contributed by atoms with Crippen molar-refractivity contribution in [1.29, 1.82) is 0 Å². The summed E-state index contributed by atoms with van der Waals surface area (Å²) in [5, 5.41) is 14.5. The molecule has 0 saturated heterocycles. The van der Waals surface area contributed by atoms with Crippen LogP contribution >= 0.6 is 0 Å². The zero-order chi connectivity index (χ0) is 14.9. The summed E-state index contributed by atoms with van der Waals surface area (Å²) < 4.78 is 23.3. The monoisotopic (exact) mass is 299 g/mol. The van der Waals surface area contributed by atoms with E-state index in [1.165, 1.54) is 6.07 Å². The highest BCUT2D eigenvalue weighted by molar-refractivity contribution is 7.89. The Kier molecular flexibility index (Phi) is 4.22. The minimum absolute atomic E-state index is 0.00937. The van der Waals surface area contributed by atoms with Crippen LogP contribution in [-0.2, 0) is 10.0 Å². The minimum Gasteiger partial charge on any atom is -0.399 e. The third-order valence-corrected chi connectivity index (χ3v) is 4.86. The highest BCUT2D eigenvalue weighted by atomic mass is 32.2. The molecule has 1 fully saturated rings. The number of rotatable bonds is 5. The molecular weight excluding hydrogens is 278 g/mol. The molecule has 0 aliphatic heterocycles. The highest BCUT2D eigenvalue weighted by Gasteiger charge is 2.27. The number of benzene rings is 1. The van der Waals surface area contributed by atoms with Crippen LogP contribution in [0.5, 0.6) is 0 Å². The van der Waals surface area contributed by atoms with Crippen LogP contribution in [0.2, 0.25) is 0 Å². The lowest BCUT2D eigenvalue weighted by Crippen LogP contribution is -2.42. The van der Waals surface area contributed by atoms with E-state index >= 15 is 0 Å². The van der Waals surface area contributed by atoms with Gasteiger partial charge >= 0.3 is 0 Å². The number of anilines is 2. The molecule has 5 N–H and O–H groups in total. The van der Waals surface area contributed by atoms with Crippen molar-refractivity contribution >= 4 is 21.4 Å². The molecule has 0 unspecified atom stereocenters. The smallest absolute Gasteiger partial charge is 0.238 e. The number of aliphatic hydroxyl groups is 1. The van der Waals surface area contributed by atoms with E-state index in [0.717, 1.165) is 24.9 Å². The van der Waals surface area contributed by atoms with Gasteiger partial charge in [0, 0.05) is 24.0 Å². The van der Waals surface area contributed by atoms with Crippen molar-refractivity contribution < 1.29 is 13.5 Å². The predicted molar refractivity (Wildman–Crippen MR) is 79.0 cm³/mol. The Bertz CT molecular complexity index is 597. The number of nitrogens with two attached hydrogens (primary N) is 2. The fraction of sp³-hybridized carbons (Fsp3) is 0.538. The maximum atomic E-state index is 11.6. The van der Waals surface area contributed by atoms with Gasteiger partial charge in [0.05, 0.1) is 11.5 Å². The summed E-state index contributed by atoms with van der Waals surface area (Å²) in [4.78, 5) is 2.08. The van der Waals surface area contributed by atoms with Crippen molar-refractivity contribution in [2.75, 3.05) is 23.8 Å². The van der Waals surface area contributed by atoms with Gasteiger partial charge in [-0.2, -0.15) is 0 Å². The summed E-state index contributed by atoms with van der Waals surface area (Å²) >= 11 is 0. The van der Waals surface area contributed by atoms with Crippen LogP contribution in [0.15, 0.2) is 17.0 Å². The first-order valence-electron chi connectivity index (χ1n) is 6.65. The topological polar surface area (TPSA) is 110 Å². The van der Waals surface area contributed by atoms with Gasteiger partial charge in [-0.25, -0.2) is 13.6 Å². The van der Waals surface area contributed by atoms with Crippen molar-refractivity contribution in [2.24, 2.45) is 5.14 Å². The molecule has 2 rings (SSSR count). The van der Waals surface area contributed by atoms with Crippen LogP contribution < -0.4 is 15.8 Å². The van der Waals surface area contributed by atoms with Crippen LogP contribution in [0.1, 0.15) is 24.8 Å². The summed E-state index contributed by atoms with van der Waals surface area (Å²) in [5.41, 5.74) is 7.50. The highest BCUT2D eigenvalue weighted by Crippen LogP contribution is 2.35. The second-order valence-electron chi connectivity index (χ2n) is 5.21. The van der Waals surface area contributed by atoms with Gasteiger partial charge in [0.1, 0.15) is 0 Å². The number of primary sulfonamides is 1. The standard InChI is InChI=1S/C13H21N3O3S/c1-9-12(16(5-6-17)11-3-2-4-11)7-10(14)8-13(9)20(15,18)19/h7-8,11,17H,2-6,14H2,1H3,(H2,15,18,19). The zero-order valence-corrected chi connectivity index (χ0v) is 12.4. The number of nitrogens with zero attached hydrogens (tertiary/aromatic N) is 1. The molecule has 1 saturated carbocycles. The molecule has 1 aromatic rings. The Labute approximate surface area is 119 Å². The summed E-state index contributed by atoms with van der Waals surface area (Å²) in [6.45, 7) is 2.19. The summed E-state index contributed by atoms with van der Waals surface area (Å²) in [7, 11) is -3.81. The van der Waals surface area contributed by atoms with E-state index in [-0.39, 0.29) is 11.5 Å². The fourth-order valence-corrected chi connectivity index (χ4v) is 3.43. The molecule has 0 spiro atoms. The minimum atomic E-state index is -3.81. The predicted octanol–water partition coefficient (Wildman–Crippen LogP) is 0.576. The lowest BCUT2D eigenvalue weighted by Gasteiger charge is -2.40. The Morgan fingerprint density at radius 1 is 1.40 bits per heavy atom. The van der Waals surface area contributed by atoms with Crippen molar-refractivity contribution in [3.8, 4) is 0 Å². The molecule has 0 amide bonds. The van der Waals surface area contributed by atoms with Crippen molar-refractivity contribution in [3.05, 3.63) is 17.7 Å². The molecule has 112 valence electrons. The third-order valence-electron chi connectivity index (χ3n) is 3.83. The first kappa shape index (κ1) is 15.1. The van der Waals surface area contributed by atoms with Gasteiger partial charge in [-0.3, -0.25) is 0 Å². The normalized spacial score (nSPS) is 15.9. The average Bonchev–Trinajstić information content (AvgIpc) is 2.27. The average molecular weight is 299 g/mol. The van der Waals surface area contributed by atoms with Crippen LogP contribution in [0.25, 0.3) is 0 Å². The van der Waals surface area contributed by atoms with E-state index in [9.17, 15) is 13.5 Å². The van der Waals surface area contributed by atoms with Crippen LogP contribution in [0, 0.1) is 6.92 Å². The molecule has 7 heteroatoms. The molecule has 1 aromatic carbocycles. The van der Waals surface area contributed by atoms with Gasteiger partial charge in [0.2, 0.25) is 10.0 Å². The van der Waals surface area contributed by atoms with E-state index in [2.05, 4.69) is 0 Å². The number of sulfonamides is 1. The quantitative estimate of drug-likeness (QED) is 0.689. The third kappa shape index (κ3) is 2.89. The number of hydrogen-bond acceptors (Lipinski definition) is 5. The Morgan fingerprint density at radius 2 is 2.05 bits per heavy atom. The molecular formula is C13H21N3O3S. The summed E-state index contributed by atoms with van der Waals surface area (Å²) in [6, 6.07) is 3.46. The molecule has 1 aliphatic carbocycles. The molecule has 1 aliphatic rings. The first-order chi connectivity index (χ1) is 9.34. The van der Waals surface area contributed by atoms with Crippen LogP contribution in [0.3, 0.4) is 0 Å². The zero-order valence-electron chi connectivity index (χ0n) is 11.5. The van der Waals surface area contributed by atoms with Gasteiger partial charge in [-0.05, 0) is 43.9 Å². The molecule has 20 heavy (non-hydrogen) atoms. The van der Waals surface area contributed by atoms with E-state index in [0.29, 0.717) is 23.8 Å². The van der Waals surface area contributed by atoms with Gasteiger partial charge in [0.15, 0.2) is 0 Å². The largest absolute Gasteiger partial charge is 0.399 e. The first-order valence-corrected chi connectivity index (χ1v) is 8.19. The Hall–Kier alpha value is -1.31. The summed E-state index contributed by atoms with van der Waals surface area (Å²) in [6.07, 6.45) is 3.23.